The molecule has 162 valence electrons. The topological polar surface area (TPSA) is 93.7 Å². The second-order valence-corrected chi connectivity index (χ2v) is 8.63. The Bertz CT molecular complexity index is 750. The maximum atomic E-state index is 14.2. The number of esters is 2. The van der Waals surface area contributed by atoms with Crippen molar-refractivity contribution in [2.24, 2.45) is 0 Å². The summed E-state index contributed by atoms with van der Waals surface area (Å²) < 4.78 is 24.8. The highest BCUT2D eigenvalue weighted by Gasteiger charge is 2.29. The lowest BCUT2D eigenvalue weighted by Crippen LogP contribution is -2.44. The zero-order valence-corrected chi connectivity index (χ0v) is 18.1. The summed E-state index contributed by atoms with van der Waals surface area (Å²) in [5.41, 5.74) is -1.16. The van der Waals surface area contributed by atoms with E-state index in [1.165, 1.54) is 12.1 Å². The van der Waals surface area contributed by atoms with Crippen LogP contribution in [0.15, 0.2) is 18.2 Å². The molecule has 0 bridgehead atoms. The first kappa shape index (κ1) is 24.4. The largest absolute Gasteiger partial charge is 0.460 e. The van der Waals surface area contributed by atoms with Crippen molar-refractivity contribution in [1.29, 1.82) is 0 Å². The smallest absolute Gasteiger partial charge is 0.329 e. The number of nitrogens with one attached hydrogen (secondary N) is 2. The molecule has 0 radical (unpaired) electrons. The lowest BCUT2D eigenvalue weighted by molar-refractivity contribution is -0.158. The van der Waals surface area contributed by atoms with Crippen molar-refractivity contribution < 1.29 is 28.2 Å². The van der Waals surface area contributed by atoms with Crippen molar-refractivity contribution >= 4 is 23.5 Å². The number of hydrogen-bond acceptors (Lipinski definition) is 6. The lowest BCUT2D eigenvalue weighted by Gasteiger charge is -2.25. The molecular weight excluding hydrogens is 379 g/mol. The molecule has 0 fully saturated rings. The van der Waals surface area contributed by atoms with E-state index in [0.29, 0.717) is 5.69 Å². The molecule has 2 N–H and O–H groups in total. The van der Waals surface area contributed by atoms with Gasteiger partial charge in [0.2, 0.25) is 0 Å². The first-order valence-electron chi connectivity index (χ1n) is 9.45. The Balaban J connectivity index is 2.94. The van der Waals surface area contributed by atoms with Crippen molar-refractivity contribution in [3.05, 3.63) is 29.6 Å². The van der Waals surface area contributed by atoms with Gasteiger partial charge in [-0.15, -0.1) is 0 Å². The van der Waals surface area contributed by atoms with E-state index in [1.807, 2.05) is 0 Å². The van der Waals surface area contributed by atoms with E-state index in [1.54, 1.807) is 54.7 Å². The Morgan fingerprint density at radius 2 is 1.62 bits per heavy atom. The second kappa shape index (κ2) is 9.71. The zero-order valence-electron chi connectivity index (χ0n) is 18.1. The molecule has 0 aliphatic rings. The molecule has 1 aromatic carbocycles. The van der Waals surface area contributed by atoms with E-state index >= 15 is 0 Å². The van der Waals surface area contributed by atoms with Gasteiger partial charge in [0.05, 0.1) is 5.56 Å². The highest BCUT2D eigenvalue weighted by Crippen LogP contribution is 2.17. The molecule has 0 heterocycles. The minimum absolute atomic E-state index is 0.0359. The molecule has 0 unspecified atom stereocenters. The van der Waals surface area contributed by atoms with Crippen LogP contribution in [0.25, 0.3) is 0 Å². The summed E-state index contributed by atoms with van der Waals surface area (Å²) in [7, 11) is 1.63. The van der Waals surface area contributed by atoms with Crippen molar-refractivity contribution in [1.82, 2.24) is 5.32 Å². The van der Waals surface area contributed by atoms with Gasteiger partial charge in [0.15, 0.2) is 0 Å². The molecule has 0 aliphatic heterocycles. The minimum atomic E-state index is -1.13. The van der Waals surface area contributed by atoms with Gasteiger partial charge in [-0.25, -0.2) is 9.18 Å². The number of benzene rings is 1. The van der Waals surface area contributed by atoms with Crippen LogP contribution in [0.2, 0.25) is 0 Å². The molecule has 8 heteroatoms. The van der Waals surface area contributed by atoms with Gasteiger partial charge < -0.3 is 20.1 Å². The van der Waals surface area contributed by atoms with Crippen LogP contribution in [0.3, 0.4) is 0 Å². The number of carbonyl (C=O) groups excluding carboxylic acids is 3. The molecule has 1 atom stereocenters. The Morgan fingerprint density at radius 3 is 2.10 bits per heavy atom. The summed E-state index contributed by atoms with van der Waals surface area (Å²) in [4.78, 5) is 37.0. The summed E-state index contributed by atoms with van der Waals surface area (Å²) >= 11 is 0. The van der Waals surface area contributed by atoms with E-state index in [2.05, 4.69) is 10.6 Å². The van der Waals surface area contributed by atoms with Crippen LogP contribution in [0.5, 0.6) is 0 Å². The quantitative estimate of drug-likeness (QED) is 0.669. The monoisotopic (exact) mass is 410 g/mol. The second-order valence-electron chi connectivity index (χ2n) is 8.63. The summed E-state index contributed by atoms with van der Waals surface area (Å²) in [5, 5.41) is 5.24. The van der Waals surface area contributed by atoms with Crippen molar-refractivity contribution in [2.45, 2.75) is 71.6 Å². The van der Waals surface area contributed by atoms with Gasteiger partial charge in [0, 0.05) is 19.2 Å². The molecule has 0 saturated carbocycles. The number of amides is 1. The lowest BCUT2D eigenvalue weighted by atomic mass is 10.1. The van der Waals surface area contributed by atoms with Gasteiger partial charge in [-0.1, -0.05) is 0 Å². The van der Waals surface area contributed by atoms with E-state index < -0.39 is 40.9 Å². The van der Waals surface area contributed by atoms with Gasteiger partial charge >= 0.3 is 11.9 Å². The molecule has 1 amide bonds. The third-order valence-electron chi connectivity index (χ3n) is 3.56. The minimum Gasteiger partial charge on any atom is -0.460 e. The molecular formula is C21H31FN2O5. The summed E-state index contributed by atoms with van der Waals surface area (Å²) in [6, 6.07) is 2.91. The highest BCUT2D eigenvalue weighted by molar-refractivity contribution is 5.97. The Morgan fingerprint density at radius 1 is 1.03 bits per heavy atom. The number of rotatable bonds is 7. The number of ether oxygens (including phenoxy) is 2. The fourth-order valence-electron chi connectivity index (χ4n) is 2.37. The summed E-state index contributed by atoms with van der Waals surface area (Å²) in [6.07, 6.45) is -0.144. The van der Waals surface area contributed by atoms with Gasteiger partial charge in [-0.2, -0.15) is 0 Å². The van der Waals surface area contributed by atoms with Crippen LogP contribution < -0.4 is 10.6 Å². The Kier molecular flexibility index (Phi) is 8.17. The summed E-state index contributed by atoms with van der Waals surface area (Å²) in [6.45, 7) is 10.3. The van der Waals surface area contributed by atoms with Crippen molar-refractivity contribution in [3.63, 3.8) is 0 Å². The van der Waals surface area contributed by atoms with E-state index in [9.17, 15) is 18.8 Å². The first-order chi connectivity index (χ1) is 13.2. The fourth-order valence-corrected chi connectivity index (χ4v) is 2.37. The third-order valence-corrected chi connectivity index (χ3v) is 3.56. The average molecular weight is 410 g/mol. The summed E-state index contributed by atoms with van der Waals surface area (Å²) in [5.74, 6) is -2.72. The number of anilines is 1. The Hall–Kier alpha value is -2.64. The molecule has 1 aromatic rings. The van der Waals surface area contributed by atoms with Crippen LogP contribution in [0, 0.1) is 5.82 Å². The van der Waals surface area contributed by atoms with Gasteiger partial charge in [0.25, 0.3) is 5.91 Å². The fraction of sp³-hybridized carbons (Fsp3) is 0.571. The molecule has 0 saturated heterocycles. The molecule has 29 heavy (non-hydrogen) atoms. The highest BCUT2D eigenvalue weighted by atomic mass is 19.1. The Labute approximate surface area is 171 Å². The maximum Gasteiger partial charge on any atom is 0.329 e. The third kappa shape index (κ3) is 8.93. The average Bonchev–Trinajstić information content (AvgIpc) is 2.54. The number of hydrogen-bond donors (Lipinski definition) is 2. The first-order valence-corrected chi connectivity index (χ1v) is 9.45. The molecule has 0 aromatic heterocycles. The van der Waals surface area contributed by atoms with E-state index in [-0.39, 0.29) is 18.4 Å². The van der Waals surface area contributed by atoms with Gasteiger partial charge in [-0.05, 0) is 66.2 Å². The van der Waals surface area contributed by atoms with Crippen LogP contribution >= 0.6 is 0 Å². The maximum absolute atomic E-state index is 14.2. The normalized spacial score (nSPS) is 12.7. The van der Waals surface area contributed by atoms with Gasteiger partial charge in [0.1, 0.15) is 23.1 Å². The van der Waals surface area contributed by atoms with Gasteiger partial charge in [-0.3, -0.25) is 9.59 Å². The predicted octanol–water partition coefficient (Wildman–Crippen LogP) is 3.43. The zero-order chi connectivity index (χ0) is 22.4. The molecule has 0 aliphatic carbocycles. The van der Waals surface area contributed by atoms with Crippen LogP contribution in [0.1, 0.15) is 64.7 Å². The number of carbonyl (C=O) groups is 3. The molecule has 7 nitrogen and oxygen atoms in total. The predicted molar refractivity (Wildman–Crippen MR) is 108 cm³/mol. The van der Waals surface area contributed by atoms with E-state index in [4.69, 9.17) is 9.47 Å². The van der Waals surface area contributed by atoms with Crippen LogP contribution in [-0.2, 0) is 19.1 Å². The molecule has 0 spiro atoms. The standard InChI is InChI=1S/C21H31FN2O5/c1-20(2,3)28-17(25)11-10-16(19(27)29-21(4,5)6)24-18(26)14-9-8-13(23-7)12-15(14)22/h8-9,12,16,23H,10-11H2,1-7H3,(H,24,26)/t16-/m0/s1. The van der Waals surface area contributed by atoms with Crippen molar-refractivity contribution in [2.75, 3.05) is 12.4 Å². The van der Waals surface area contributed by atoms with Crippen LogP contribution in [0.4, 0.5) is 10.1 Å². The van der Waals surface area contributed by atoms with E-state index in [0.717, 1.165) is 0 Å². The molecule has 1 rings (SSSR count). The SMILES string of the molecule is CNc1ccc(C(=O)N[C@@H](CCC(=O)OC(C)(C)C)C(=O)OC(C)(C)C)c(F)c1. The van der Waals surface area contributed by atoms with Crippen LogP contribution in [-0.4, -0.2) is 42.1 Å². The van der Waals surface area contributed by atoms with Crippen molar-refractivity contribution in [3.8, 4) is 0 Å². The number of halogens is 1.